The van der Waals surface area contributed by atoms with Crippen LogP contribution in [0.25, 0.3) is 20.2 Å². The highest BCUT2D eigenvalue weighted by Crippen LogP contribution is 2.37. The van der Waals surface area contributed by atoms with E-state index in [9.17, 15) is 10.1 Å². The number of benzene rings is 1. The van der Waals surface area contributed by atoms with Crippen molar-refractivity contribution in [3.63, 3.8) is 0 Å². The molecule has 1 aromatic carbocycles. The van der Waals surface area contributed by atoms with E-state index in [2.05, 4.69) is 4.98 Å². The standard InChI is InChI=1S/C13H10N2O2S/c1-7-5-11-10-6-9(15(16)17)3-4-12(10)18-13(11)8(2)14-7/h3-6H,1-2H3. The quantitative estimate of drug-likeness (QED) is 0.490. The number of hydrogen-bond donors (Lipinski definition) is 0. The zero-order chi connectivity index (χ0) is 12.9. The van der Waals surface area contributed by atoms with E-state index in [4.69, 9.17) is 0 Å². The van der Waals surface area contributed by atoms with Crippen LogP contribution in [0.2, 0.25) is 0 Å². The van der Waals surface area contributed by atoms with Crippen molar-refractivity contribution in [1.82, 2.24) is 4.98 Å². The summed E-state index contributed by atoms with van der Waals surface area (Å²) in [6.07, 6.45) is 0. The molecule has 0 bridgehead atoms. The Bertz CT molecular complexity index is 792. The van der Waals surface area contributed by atoms with Crippen molar-refractivity contribution in [2.45, 2.75) is 13.8 Å². The molecule has 0 spiro atoms. The average molecular weight is 258 g/mol. The van der Waals surface area contributed by atoms with E-state index < -0.39 is 0 Å². The molecule has 2 aromatic heterocycles. The molecule has 0 radical (unpaired) electrons. The summed E-state index contributed by atoms with van der Waals surface area (Å²) in [5.74, 6) is 0. The monoisotopic (exact) mass is 258 g/mol. The second-order valence-corrected chi connectivity index (χ2v) is 5.32. The lowest BCUT2D eigenvalue weighted by Gasteiger charge is -1.98. The molecule has 90 valence electrons. The second kappa shape index (κ2) is 3.74. The molecule has 0 saturated carbocycles. The van der Waals surface area contributed by atoms with Crippen LogP contribution in [0.1, 0.15) is 11.4 Å². The summed E-state index contributed by atoms with van der Waals surface area (Å²) in [5.41, 5.74) is 2.05. The van der Waals surface area contributed by atoms with E-state index in [1.807, 2.05) is 26.0 Å². The van der Waals surface area contributed by atoms with Crippen LogP contribution < -0.4 is 0 Å². The molecule has 0 atom stereocenters. The molecule has 0 fully saturated rings. The summed E-state index contributed by atoms with van der Waals surface area (Å²) >= 11 is 1.63. The van der Waals surface area contributed by atoms with Crippen molar-refractivity contribution in [1.29, 1.82) is 0 Å². The fourth-order valence-electron chi connectivity index (χ4n) is 2.19. The third kappa shape index (κ3) is 1.55. The fraction of sp³-hybridized carbons (Fsp3) is 0.154. The van der Waals surface area contributed by atoms with Gasteiger partial charge in [-0.05, 0) is 26.0 Å². The first-order valence-corrected chi connectivity index (χ1v) is 6.33. The van der Waals surface area contributed by atoms with E-state index >= 15 is 0 Å². The summed E-state index contributed by atoms with van der Waals surface area (Å²) in [5, 5.41) is 12.8. The van der Waals surface area contributed by atoms with Gasteiger partial charge >= 0.3 is 0 Å². The van der Waals surface area contributed by atoms with Gasteiger partial charge in [0.1, 0.15) is 0 Å². The van der Waals surface area contributed by atoms with Crippen LogP contribution in [-0.4, -0.2) is 9.91 Å². The summed E-state index contributed by atoms with van der Waals surface area (Å²) in [6.45, 7) is 3.91. The minimum Gasteiger partial charge on any atom is -0.258 e. The number of aryl methyl sites for hydroxylation is 2. The maximum absolute atomic E-state index is 10.8. The van der Waals surface area contributed by atoms with Crippen molar-refractivity contribution in [2.75, 3.05) is 0 Å². The number of nitro benzene ring substituents is 1. The van der Waals surface area contributed by atoms with Gasteiger partial charge in [0.25, 0.3) is 5.69 Å². The van der Waals surface area contributed by atoms with Gasteiger partial charge in [0.2, 0.25) is 0 Å². The number of rotatable bonds is 1. The largest absolute Gasteiger partial charge is 0.270 e. The number of thiophene rings is 1. The van der Waals surface area contributed by atoms with E-state index in [0.717, 1.165) is 31.6 Å². The predicted molar refractivity (Wildman–Crippen MR) is 73.3 cm³/mol. The van der Waals surface area contributed by atoms with Crippen LogP contribution in [0, 0.1) is 24.0 Å². The first-order valence-electron chi connectivity index (χ1n) is 5.51. The van der Waals surface area contributed by atoms with Gasteiger partial charge in [0, 0.05) is 33.3 Å². The number of non-ortho nitro benzene ring substituents is 1. The first-order chi connectivity index (χ1) is 8.56. The lowest BCUT2D eigenvalue weighted by atomic mass is 10.1. The number of aromatic nitrogens is 1. The van der Waals surface area contributed by atoms with Crippen molar-refractivity contribution in [3.8, 4) is 0 Å². The van der Waals surface area contributed by atoms with E-state index in [0.29, 0.717) is 0 Å². The summed E-state index contributed by atoms with van der Waals surface area (Å²) in [4.78, 5) is 14.9. The van der Waals surface area contributed by atoms with Gasteiger partial charge in [0.05, 0.1) is 15.3 Å². The molecule has 0 aliphatic carbocycles. The van der Waals surface area contributed by atoms with E-state index in [1.165, 1.54) is 0 Å². The molecule has 0 N–H and O–H groups in total. The highest BCUT2D eigenvalue weighted by Gasteiger charge is 2.12. The number of fused-ring (bicyclic) bond motifs is 3. The van der Waals surface area contributed by atoms with Crippen molar-refractivity contribution in [2.24, 2.45) is 0 Å². The van der Waals surface area contributed by atoms with Crippen LogP contribution in [0.4, 0.5) is 5.69 Å². The molecular weight excluding hydrogens is 248 g/mol. The molecule has 0 amide bonds. The zero-order valence-electron chi connectivity index (χ0n) is 9.93. The van der Waals surface area contributed by atoms with Gasteiger partial charge in [-0.1, -0.05) is 0 Å². The fourth-order valence-corrected chi connectivity index (χ4v) is 3.29. The molecule has 2 heterocycles. The maximum Gasteiger partial charge on any atom is 0.270 e. The summed E-state index contributed by atoms with van der Waals surface area (Å²) < 4.78 is 2.17. The molecule has 4 nitrogen and oxygen atoms in total. The molecule has 0 aliphatic rings. The number of nitro groups is 1. The normalized spacial score (nSPS) is 11.2. The second-order valence-electron chi connectivity index (χ2n) is 4.27. The van der Waals surface area contributed by atoms with Gasteiger partial charge in [-0.15, -0.1) is 11.3 Å². The van der Waals surface area contributed by atoms with Crippen molar-refractivity contribution >= 4 is 37.2 Å². The molecule has 3 rings (SSSR count). The Hall–Kier alpha value is -2.01. The minimum absolute atomic E-state index is 0.134. The Morgan fingerprint density at radius 3 is 2.72 bits per heavy atom. The summed E-state index contributed by atoms with van der Waals surface area (Å²) in [7, 11) is 0. The first kappa shape index (κ1) is 11.1. The highest BCUT2D eigenvalue weighted by molar-refractivity contribution is 7.26. The molecule has 0 unspecified atom stereocenters. The highest BCUT2D eigenvalue weighted by atomic mass is 32.1. The van der Waals surface area contributed by atoms with Crippen molar-refractivity contribution < 1.29 is 4.92 Å². The number of pyridine rings is 1. The third-order valence-corrected chi connectivity index (χ3v) is 4.24. The predicted octanol–water partition coefficient (Wildman–Crippen LogP) is 3.97. The zero-order valence-corrected chi connectivity index (χ0v) is 10.7. The SMILES string of the molecule is Cc1cc2c(sc3ccc([N+](=O)[O-])cc32)c(C)n1. The topological polar surface area (TPSA) is 56.0 Å². The number of hydrogen-bond acceptors (Lipinski definition) is 4. The van der Waals surface area contributed by atoms with Crippen LogP contribution in [0.3, 0.4) is 0 Å². The van der Waals surface area contributed by atoms with Gasteiger partial charge < -0.3 is 0 Å². The van der Waals surface area contributed by atoms with Crippen molar-refractivity contribution in [3.05, 3.63) is 45.8 Å². The Kier molecular flexibility index (Phi) is 2.31. The van der Waals surface area contributed by atoms with Gasteiger partial charge in [-0.2, -0.15) is 0 Å². The van der Waals surface area contributed by atoms with Gasteiger partial charge in [-0.25, -0.2) is 0 Å². The van der Waals surface area contributed by atoms with Crippen LogP contribution >= 0.6 is 11.3 Å². The Morgan fingerprint density at radius 2 is 2.00 bits per heavy atom. The summed E-state index contributed by atoms with van der Waals surface area (Å²) in [6, 6.07) is 7.00. The molecule has 18 heavy (non-hydrogen) atoms. The Balaban J connectivity index is 2.47. The molecule has 5 heteroatoms. The van der Waals surface area contributed by atoms with Gasteiger partial charge in [0.15, 0.2) is 0 Å². The lowest BCUT2D eigenvalue weighted by molar-refractivity contribution is -0.384. The average Bonchev–Trinajstić information content (AvgIpc) is 2.67. The Labute approximate surface area is 107 Å². The van der Waals surface area contributed by atoms with E-state index in [-0.39, 0.29) is 10.6 Å². The van der Waals surface area contributed by atoms with Gasteiger partial charge in [-0.3, -0.25) is 15.1 Å². The van der Waals surface area contributed by atoms with Crippen LogP contribution in [0.15, 0.2) is 24.3 Å². The third-order valence-electron chi connectivity index (χ3n) is 2.95. The Morgan fingerprint density at radius 1 is 1.22 bits per heavy atom. The molecule has 0 aliphatic heterocycles. The minimum atomic E-state index is -0.357. The van der Waals surface area contributed by atoms with E-state index in [1.54, 1.807) is 23.5 Å². The number of nitrogens with zero attached hydrogens (tertiary/aromatic N) is 2. The maximum atomic E-state index is 10.8. The lowest BCUT2D eigenvalue weighted by Crippen LogP contribution is -1.87. The smallest absolute Gasteiger partial charge is 0.258 e. The van der Waals surface area contributed by atoms with Crippen LogP contribution in [0.5, 0.6) is 0 Å². The molecular formula is C13H10N2O2S. The molecule has 0 saturated heterocycles. The van der Waals surface area contributed by atoms with Crippen LogP contribution in [-0.2, 0) is 0 Å². The molecule has 3 aromatic rings.